The molecule has 0 amide bonds. The molecule has 0 spiro atoms. The zero-order valence-corrected chi connectivity index (χ0v) is 16.2. The summed E-state index contributed by atoms with van der Waals surface area (Å²) >= 11 is 6.10. The Morgan fingerprint density at radius 3 is 2.70 bits per heavy atom. The van der Waals surface area contributed by atoms with Gasteiger partial charge in [0.25, 0.3) is 0 Å². The third kappa shape index (κ3) is 3.38. The van der Waals surface area contributed by atoms with Crippen molar-refractivity contribution in [2.24, 2.45) is 5.92 Å². The maximum absolute atomic E-state index is 12.8. The van der Waals surface area contributed by atoms with Gasteiger partial charge in [0.15, 0.2) is 11.2 Å². The lowest BCUT2D eigenvalue weighted by molar-refractivity contribution is -0.188. The Morgan fingerprint density at radius 2 is 2.07 bits per heavy atom. The summed E-state index contributed by atoms with van der Waals surface area (Å²) in [5, 5.41) is 30.3. The lowest BCUT2D eigenvalue weighted by Gasteiger charge is -2.38. The number of aliphatic hydroxyl groups excluding tert-OH is 1. The second-order valence-electron chi connectivity index (χ2n) is 7.76. The van der Waals surface area contributed by atoms with Crippen molar-refractivity contribution in [3.05, 3.63) is 11.6 Å². The highest BCUT2D eigenvalue weighted by Crippen LogP contribution is 2.37. The Hall–Kier alpha value is -1.19. The number of nitrogens with zero attached hydrogens (tertiary/aromatic N) is 1. The number of hydrogen-bond acceptors (Lipinski definition) is 8. The molecule has 6 atom stereocenters. The molecule has 3 aliphatic heterocycles. The predicted octanol–water partition coefficient (Wildman–Crippen LogP) is -0.423. The zero-order valence-electron chi connectivity index (χ0n) is 15.4. The minimum Gasteiger partial charge on any atom is -0.459 e. The van der Waals surface area contributed by atoms with E-state index in [4.69, 9.17) is 21.1 Å². The molecular weight excluding hydrogens is 378 g/mol. The SMILES string of the molecule is C[C@@H]1C[C@](O)([C@@H](C)Cl)C(=O)O[C@@H]2CCN3CC=C(COC(=O)[C@@]1(O)CO)[C@H]23. The molecule has 9 heteroatoms. The zero-order chi connectivity index (χ0) is 20.0. The lowest BCUT2D eigenvalue weighted by Crippen LogP contribution is -2.57. The van der Waals surface area contributed by atoms with Crippen LogP contribution in [0.15, 0.2) is 11.6 Å². The summed E-state index contributed by atoms with van der Waals surface area (Å²) in [6.45, 7) is 3.27. The largest absolute Gasteiger partial charge is 0.459 e. The van der Waals surface area contributed by atoms with Gasteiger partial charge in [0, 0.05) is 19.0 Å². The molecule has 3 N–H and O–H groups in total. The molecule has 0 aromatic heterocycles. The van der Waals surface area contributed by atoms with Crippen LogP contribution in [0.1, 0.15) is 26.7 Å². The fourth-order valence-corrected chi connectivity index (χ4v) is 4.28. The lowest BCUT2D eigenvalue weighted by atomic mass is 9.79. The van der Waals surface area contributed by atoms with Crippen LogP contribution in [0.25, 0.3) is 0 Å². The van der Waals surface area contributed by atoms with Crippen molar-refractivity contribution in [2.45, 2.75) is 55.4 Å². The van der Waals surface area contributed by atoms with E-state index in [1.807, 2.05) is 6.08 Å². The number of halogens is 1. The Balaban J connectivity index is 1.98. The van der Waals surface area contributed by atoms with E-state index in [1.54, 1.807) is 0 Å². The number of esters is 2. The standard InChI is InChI=1S/C18H26ClNO7/c1-10-7-17(24,11(2)19)16(23)27-13-4-6-20-5-3-12(14(13)20)8-26-15(22)18(10,25)9-21/h3,10-11,13-14,21,24-25H,4-9H2,1-2H3/t10-,11-,13-,14-,17+,18-/m1/s1. The number of alkyl halides is 1. The third-order valence-corrected chi connectivity index (χ3v) is 6.44. The summed E-state index contributed by atoms with van der Waals surface area (Å²) in [6.07, 6.45) is 1.66. The molecule has 0 unspecified atom stereocenters. The van der Waals surface area contributed by atoms with Crippen LogP contribution in [0.2, 0.25) is 0 Å². The van der Waals surface area contributed by atoms with Gasteiger partial charge in [-0.3, -0.25) is 4.90 Å². The first kappa shape index (κ1) is 20.5. The summed E-state index contributed by atoms with van der Waals surface area (Å²) in [5.41, 5.74) is -3.62. The van der Waals surface area contributed by atoms with Gasteiger partial charge >= 0.3 is 11.9 Å². The fourth-order valence-electron chi connectivity index (χ4n) is 4.10. The van der Waals surface area contributed by atoms with Gasteiger partial charge in [-0.25, -0.2) is 9.59 Å². The fraction of sp³-hybridized carbons (Fsp3) is 0.778. The maximum Gasteiger partial charge on any atom is 0.341 e. The molecule has 2 fully saturated rings. The molecule has 0 aromatic carbocycles. The number of carbonyl (C=O) groups excluding carboxylic acids is 2. The highest BCUT2D eigenvalue weighted by atomic mass is 35.5. The van der Waals surface area contributed by atoms with Crippen LogP contribution in [0, 0.1) is 5.92 Å². The average Bonchev–Trinajstić information content (AvgIpc) is 3.20. The van der Waals surface area contributed by atoms with E-state index in [0.29, 0.717) is 19.5 Å². The van der Waals surface area contributed by atoms with Crippen molar-refractivity contribution in [1.82, 2.24) is 4.90 Å². The van der Waals surface area contributed by atoms with E-state index in [9.17, 15) is 24.9 Å². The van der Waals surface area contributed by atoms with Crippen molar-refractivity contribution in [2.75, 3.05) is 26.3 Å². The molecule has 0 radical (unpaired) electrons. The van der Waals surface area contributed by atoms with Crippen LogP contribution in [0.5, 0.6) is 0 Å². The summed E-state index contributed by atoms with van der Waals surface area (Å²) in [7, 11) is 0. The van der Waals surface area contributed by atoms with E-state index < -0.39 is 47.1 Å². The first-order valence-corrected chi connectivity index (χ1v) is 9.58. The number of hydrogen-bond donors (Lipinski definition) is 3. The van der Waals surface area contributed by atoms with E-state index >= 15 is 0 Å². The molecule has 2 saturated heterocycles. The van der Waals surface area contributed by atoms with Gasteiger partial charge in [0.05, 0.1) is 18.0 Å². The molecule has 27 heavy (non-hydrogen) atoms. The first-order valence-electron chi connectivity index (χ1n) is 9.14. The van der Waals surface area contributed by atoms with Gasteiger partial charge in [0.2, 0.25) is 0 Å². The third-order valence-electron chi connectivity index (χ3n) is 6.08. The molecule has 8 nitrogen and oxygen atoms in total. The molecule has 3 heterocycles. The first-order chi connectivity index (χ1) is 12.6. The number of carbonyl (C=O) groups is 2. The number of cyclic esters (lactones) is 1. The Labute approximate surface area is 162 Å². The van der Waals surface area contributed by atoms with Crippen LogP contribution in [-0.2, 0) is 19.1 Å². The molecule has 0 aromatic rings. The second kappa shape index (κ2) is 7.33. The smallest absolute Gasteiger partial charge is 0.341 e. The van der Waals surface area contributed by atoms with E-state index in [0.717, 1.165) is 5.57 Å². The highest BCUT2D eigenvalue weighted by molar-refractivity contribution is 6.22. The predicted molar refractivity (Wildman–Crippen MR) is 95.0 cm³/mol. The van der Waals surface area contributed by atoms with Crippen molar-refractivity contribution in [3.63, 3.8) is 0 Å². The summed E-state index contributed by atoms with van der Waals surface area (Å²) in [4.78, 5) is 27.5. The van der Waals surface area contributed by atoms with Crippen LogP contribution in [-0.4, -0.2) is 87.2 Å². The Bertz CT molecular complexity index is 654. The van der Waals surface area contributed by atoms with Crippen LogP contribution in [0.3, 0.4) is 0 Å². The second-order valence-corrected chi connectivity index (χ2v) is 8.41. The molecule has 3 aliphatic rings. The van der Waals surface area contributed by atoms with Crippen molar-refractivity contribution in [1.29, 1.82) is 0 Å². The van der Waals surface area contributed by atoms with Crippen LogP contribution < -0.4 is 0 Å². The summed E-state index contributed by atoms with van der Waals surface area (Å²) in [5.74, 6) is -2.89. The Kier molecular flexibility index (Phi) is 5.58. The van der Waals surface area contributed by atoms with Crippen LogP contribution in [0.4, 0.5) is 0 Å². The normalized spacial score (nSPS) is 41.7. The molecular formula is C18H26ClNO7. The number of ether oxygens (including phenoxy) is 2. The van der Waals surface area contributed by atoms with Crippen molar-refractivity contribution < 1.29 is 34.4 Å². The van der Waals surface area contributed by atoms with Gasteiger partial charge in [-0.05, 0) is 25.3 Å². The monoisotopic (exact) mass is 403 g/mol. The quantitative estimate of drug-likeness (QED) is 0.323. The molecule has 0 aliphatic carbocycles. The summed E-state index contributed by atoms with van der Waals surface area (Å²) in [6, 6.07) is -0.240. The average molecular weight is 404 g/mol. The topological polar surface area (TPSA) is 117 Å². The van der Waals surface area contributed by atoms with Crippen molar-refractivity contribution >= 4 is 23.5 Å². The number of aliphatic hydroxyl groups is 3. The van der Waals surface area contributed by atoms with Gasteiger partial charge in [-0.15, -0.1) is 11.6 Å². The molecule has 3 rings (SSSR count). The van der Waals surface area contributed by atoms with E-state index in [2.05, 4.69) is 4.90 Å². The van der Waals surface area contributed by atoms with E-state index in [1.165, 1.54) is 13.8 Å². The van der Waals surface area contributed by atoms with Crippen molar-refractivity contribution in [3.8, 4) is 0 Å². The molecule has 152 valence electrons. The molecule has 0 bridgehead atoms. The number of rotatable bonds is 2. The van der Waals surface area contributed by atoms with Gasteiger partial charge in [-0.2, -0.15) is 0 Å². The van der Waals surface area contributed by atoms with Gasteiger partial charge < -0.3 is 24.8 Å². The van der Waals surface area contributed by atoms with Gasteiger partial charge in [0.1, 0.15) is 12.7 Å². The van der Waals surface area contributed by atoms with Gasteiger partial charge in [-0.1, -0.05) is 13.0 Å². The minimum absolute atomic E-state index is 0.0563. The van der Waals surface area contributed by atoms with Crippen LogP contribution >= 0.6 is 11.6 Å². The summed E-state index contributed by atoms with van der Waals surface area (Å²) < 4.78 is 10.9. The Morgan fingerprint density at radius 1 is 1.37 bits per heavy atom. The minimum atomic E-state index is -2.27. The maximum atomic E-state index is 12.8. The molecule has 0 saturated carbocycles. The van der Waals surface area contributed by atoms with E-state index in [-0.39, 0.29) is 19.1 Å². The highest BCUT2D eigenvalue weighted by Gasteiger charge is 2.53.